The summed E-state index contributed by atoms with van der Waals surface area (Å²) in [6, 6.07) is 9.88. The van der Waals surface area contributed by atoms with Gasteiger partial charge in [0.2, 0.25) is 0 Å². The first kappa shape index (κ1) is 21.4. The van der Waals surface area contributed by atoms with Crippen molar-refractivity contribution < 1.29 is 4.79 Å². The van der Waals surface area contributed by atoms with Crippen LogP contribution in [0.4, 0.5) is 5.69 Å². The molecule has 0 unspecified atom stereocenters. The van der Waals surface area contributed by atoms with Crippen LogP contribution < -0.4 is 5.32 Å². The van der Waals surface area contributed by atoms with E-state index in [0.29, 0.717) is 5.69 Å². The highest BCUT2D eigenvalue weighted by Crippen LogP contribution is 2.34. The largest absolute Gasteiger partial charge is 0.320 e. The van der Waals surface area contributed by atoms with E-state index in [4.69, 9.17) is 5.10 Å². The number of hydrogen-bond acceptors (Lipinski definition) is 7. The van der Waals surface area contributed by atoms with Crippen LogP contribution in [0.5, 0.6) is 0 Å². The molecule has 0 saturated carbocycles. The second kappa shape index (κ2) is 9.22. The summed E-state index contributed by atoms with van der Waals surface area (Å²) < 4.78 is 1.95. The Morgan fingerprint density at radius 2 is 2.09 bits per heavy atom. The van der Waals surface area contributed by atoms with Crippen LogP contribution in [0.2, 0.25) is 0 Å². The molecule has 7 nitrogen and oxygen atoms in total. The number of thiophene rings is 1. The van der Waals surface area contributed by atoms with E-state index >= 15 is 0 Å². The summed E-state index contributed by atoms with van der Waals surface area (Å²) in [7, 11) is 4.09. The summed E-state index contributed by atoms with van der Waals surface area (Å²) in [6.45, 7) is 1.70. The first-order valence-corrected chi connectivity index (χ1v) is 12.2. The van der Waals surface area contributed by atoms with Gasteiger partial charge >= 0.3 is 0 Å². The van der Waals surface area contributed by atoms with Crippen LogP contribution in [0.15, 0.2) is 65.1 Å². The van der Waals surface area contributed by atoms with E-state index in [0.717, 1.165) is 51.4 Å². The molecule has 0 atom stereocenters. The number of carbonyl (C=O) groups is 1. The molecule has 166 valence electrons. The number of carbonyl (C=O) groups excluding carboxylic acids is 1. The predicted molar refractivity (Wildman–Crippen MR) is 135 cm³/mol. The Labute approximate surface area is 199 Å². The van der Waals surface area contributed by atoms with Crippen molar-refractivity contribution in [2.75, 3.05) is 26.0 Å². The molecule has 0 aliphatic heterocycles. The number of nitrogens with one attached hydrogen (secondary N) is 1. The normalized spacial score (nSPS) is 11.4. The van der Waals surface area contributed by atoms with Gasteiger partial charge in [-0.25, -0.2) is 4.98 Å². The van der Waals surface area contributed by atoms with Gasteiger partial charge < -0.3 is 10.2 Å². The second-order valence-electron chi connectivity index (χ2n) is 7.90. The minimum atomic E-state index is -0.239. The Balaban J connectivity index is 1.46. The molecule has 0 fully saturated rings. The van der Waals surface area contributed by atoms with E-state index in [1.165, 1.54) is 11.3 Å². The van der Waals surface area contributed by atoms with Gasteiger partial charge in [0.15, 0.2) is 0 Å². The molecule has 0 aliphatic rings. The molecular weight excluding hydrogens is 452 g/mol. The number of thiazole rings is 1. The standard InChI is InChI=1S/C24H22N6OS2/c1-29(2)7-8-30-13-18-10-21(19(11-20(18)28-30)17-5-9-32-14-17)26-23(31)22-15-33-24(27-22)16-4-3-6-25-12-16/h3-6,9-15H,7-8H2,1-2H3,(H,26,31). The van der Waals surface area contributed by atoms with E-state index in [1.54, 1.807) is 29.1 Å². The van der Waals surface area contributed by atoms with Gasteiger partial charge in [0.1, 0.15) is 10.7 Å². The molecular formula is C24H22N6OS2. The Hall–Kier alpha value is -3.40. The average molecular weight is 475 g/mol. The van der Waals surface area contributed by atoms with Crippen molar-refractivity contribution in [3.05, 3.63) is 70.8 Å². The Morgan fingerprint density at radius 3 is 2.85 bits per heavy atom. The fourth-order valence-electron chi connectivity index (χ4n) is 3.49. The Morgan fingerprint density at radius 1 is 1.18 bits per heavy atom. The molecule has 5 aromatic rings. The monoisotopic (exact) mass is 474 g/mol. The van der Waals surface area contributed by atoms with Crippen molar-refractivity contribution in [3.8, 4) is 21.7 Å². The van der Waals surface area contributed by atoms with Crippen LogP contribution >= 0.6 is 22.7 Å². The smallest absolute Gasteiger partial charge is 0.275 e. The Kier molecular flexibility index (Phi) is 5.99. The number of likely N-dealkylation sites (N-methyl/N-ethyl adjacent to an activating group) is 1. The summed E-state index contributed by atoms with van der Waals surface area (Å²) in [5.41, 5.74) is 4.92. The van der Waals surface area contributed by atoms with Crippen LogP contribution in [0.1, 0.15) is 10.5 Å². The van der Waals surface area contributed by atoms with Gasteiger partial charge in [-0.15, -0.1) is 11.3 Å². The molecule has 1 aromatic carbocycles. The first-order chi connectivity index (χ1) is 16.1. The molecule has 33 heavy (non-hydrogen) atoms. The number of aromatic nitrogens is 4. The van der Waals surface area contributed by atoms with Gasteiger partial charge in [-0.2, -0.15) is 16.4 Å². The molecule has 4 aromatic heterocycles. The van der Waals surface area contributed by atoms with Crippen LogP contribution in [0.25, 0.3) is 32.6 Å². The number of hydrogen-bond donors (Lipinski definition) is 1. The summed E-state index contributed by atoms with van der Waals surface area (Å²) in [4.78, 5) is 23.9. The van der Waals surface area contributed by atoms with Gasteiger partial charge in [0.05, 0.1) is 12.1 Å². The molecule has 9 heteroatoms. The van der Waals surface area contributed by atoms with Crippen molar-refractivity contribution >= 4 is 45.2 Å². The van der Waals surface area contributed by atoms with Crippen LogP contribution in [-0.2, 0) is 6.54 Å². The van der Waals surface area contributed by atoms with Crippen molar-refractivity contribution in [2.45, 2.75) is 6.54 Å². The molecule has 1 N–H and O–H groups in total. The first-order valence-electron chi connectivity index (χ1n) is 10.4. The second-order valence-corrected chi connectivity index (χ2v) is 9.54. The number of rotatable bonds is 7. The third kappa shape index (κ3) is 4.70. The number of anilines is 1. The SMILES string of the molecule is CN(C)CCn1cc2cc(NC(=O)c3csc(-c4cccnc4)n3)c(-c3ccsc3)cc2n1. The maximum atomic E-state index is 13.1. The lowest BCUT2D eigenvalue weighted by Crippen LogP contribution is -2.18. The van der Waals surface area contributed by atoms with E-state index < -0.39 is 0 Å². The van der Waals surface area contributed by atoms with Gasteiger partial charge in [-0.1, -0.05) is 0 Å². The summed E-state index contributed by atoms with van der Waals surface area (Å²) in [5.74, 6) is -0.239. The van der Waals surface area contributed by atoms with Crippen LogP contribution in [-0.4, -0.2) is 51.2 Å². The fourth-order valence-corrected chi connectivity index (χ4v) is 4.93. The summed E-state index contributed by atoms with van der Waals surface area (Å²) >= 11 is 3.05. The lowest BCUT2D eigenvalue weighted by atomic mass is 10.0. The molecule has 0 spiro atoms. The predicted octanol–water partition coefficient (Wildman–Crippen LogP) is 5.10. The molecule has 0 aliphatic carbocycles. The van der Waals surface area contributed by atoms with Crippen molar-refractivity contribution in [1.82, 2.24) is 24.6 Å². The number of benzene rings is 1. The highest BCUT2D eigenvalue weighted by molar-refractivity contribution is 7.13. The molecule has 0 saturated heterocycles. The quantitative estimate of drug-likeness (QED) is 0.355. The zero-order valence-electron chi connectivity index (χ0n) is 18.2. The van der Waals surface area contributed by atoms with Crippen molar-refractivity contribution in [3.63, 3.8) is 0 Å². The van der Waals surface area contributed by atoms with E-state index in [1.807, 2.05) is 60.7 Å². The topological polar surface area (TPSA) is 75.9 Å². The van der Waals surface area contributed by atoms with Crippen LogP contribution in [0.3, 0.4) is 0 Å². The van der Waals surface area contributed by atoms with Gasteiger partial charge in [0.25, 0.3) is 5.91 Å². The lowest BCUT2D eigenvalue weighted by molar-refractivity contribution is 0.102. The van der Waals surface area contributed by atoms with Crippen molar-refractivity contribution in [2.24, 2.45) is 0 Å². The van der Waals surface area contributed by atoms with Gasteiger partial charge in [-0.3, -0.25) is 14.5 Å². The number of nitrogens with zero attached hydrogens (tertiary/aromatic N) is 5. The fraction of sp³-hybridized carbons (Fsp3) is 0.167. The maximum Gasteiger partial charge on any atom is 0.275 e. The average Bonchev–Trinajstić information content (AvgIpc) is 3.58. The Bertz CT molecular complexity index is 1390. The lowest BCUT2D eigenvalue weighted by Gasteiger charge is -2.10. The minimum Gasteiger partial charge on any atom is -0.320 e. The molecule has 4 heterocycles. The van der Waals surface area contributed by atoms with E-state index in [2.05, 4.69) is 25.6 Å². The third-order valence-corrected chi connectivity index (χ3v) is 6.77. The molecule has 5 rings (SSSR count). The van der Waals surface area contributed by atoms with Crippen LogP contribution in [0, 0.1) is 0 Å². The zero-order chi connectivity index (χ0) is 22.8. The molecule has 1 amide bonds. The maximum absolute atomic E-state index is 13.1. The minimum absolute atomic E-state index is 0.239. The number of pyridine rings is 1. The summed E-state index contributed by atoms with van der Waals surface area (Å²) in [5, 5.41) is 15.4. The van der Waals surface area contributed by atoms with Crippen molar-refractivity contribution in [1.29, 1.82) is 0 Å². The number of fused-ring (bicyclic) bond motifs is 1. The van der Waals surface area contributed by atoms with Gasteiger partial charge in [0, 0.05) is 52.7 Å². The summed E-state index contributed by atoms with van der Waals surface area (Å²) in [6.07, 6.45) is 5.49. The van der Waals surface area contributed by atoms with E-state index in [9.17, 15) is 4.79 Å². The highest BCUT2D eigenvalue weighted by Gasteiger charge is 2.17. The molecule has 0 bridgehead atoms. The zero-order valence-corrected chi connectivity index (χ0v) is 19.9. The van der Waals surface area contributed by atoms with E-state index in [-0.39, 0.29) is 5.91 Å². The van der Waals surface area contributed by atoms with Gasteiger partial charge in [-0.05, 0) is 60.8 Å². The number of amides is 1. The molecule has 0 radical (unpaired) electrons. The highest BCUT2D eigenvalue weighted by atomic mass is 32.1. The third-order valence-electron chi connectivity index (χ3n) is 5.19.